The molecule has 21 heavy (non-hydrogen) atoms. The third kappa shape index (κ3) is 4.34. The number of hydrogen-bond donors (Lipinski definition) is 1. The van der Waals surface area contributed by atoms with Gasteiger partial charge in [-0.15, -0.1) is 0 Å². The van der Waals surface area contributed by atoms with E-state index >= 15 is 0 Å². The minimum Gasteiger partial charge on any atom is -0.489 e. The summed E-state index contributed by atoms with van der Waals surface area (Å²) in [4.78, 5) is 25.4. The molecule has 1 fully saturated rings. The minimum absolute atomic E-state index is 0.421. The van der Waals surface area contributed by atoms with Crippen LogP contribution in [0.2, 0.25) is 0 Å². The molecular formula is C16H20N2O3. The first kappa shape index (κ1) is 15.1. The fourth-order valence-corrected chi connectivity index (χ4v) is 2.12. The molecule has 0 radical (unpaired) electrons. The van der Waals surface area contributed by atoms with Gasteiger partial charge in [0, 0.05) is 24.8 Å². The van der Waals surface area contributed by atoms with Crippen LogP contribution < -0.4 is 10.1 Å². The number of benzene rings is 1. The Morgan fingerprint density at radius 3 is 2.71 bits per heavy atom. The lowest BCUT2D eigenvalue weighted by Gasteiger charge is -2.14. The largest absolute Gasteiger partial charge is 0.489 e. The van der Waals surface area contributed by atoms with Crippen molar-refractivity contribution < 1.29 is 14.3 Å². The van der Waals surface area contributed by atoms with E-state index in [9.17, 15) is 9.59 Å². The third-order valence-electron chi connectivity index (χ3n) is 3.16. The van der Waals surface area contributed by atoms with Crippen LogP contribution in [0.4, 0.5) is 5.69 Å². The van der Waals surface area contributed by atoms with Crippen LogP contribution in [0.15, 0.2) is 36.4 Å². The summed E-state index contributed by atoms with van der Waals surface area (Å²) in [5, 5.41) is 2.61. The van der Waals surface area contributed by atoms with Gasteiger partial charge in [0.15, 0.2) is 0 Å². The first-order valence-electron chi connectivity index (χ1n) is 7.04. The second kappa shape index (κ2) is 6.92. The second-order valence-corrected chi connectivity index (χ2v) is 5.23. The highest BCUT2D eigenvalue weighted by molar-refractivity contribution is 6.39. The summed E-state index contributed by atoms with van der Waals surface area (Å²) in [5.74, 6) is -0.445. The fraction of sp³-hybridized carbons (Fsp3) is 0.375. The van der Waals surface area contributed by atoms with Crippen molar-refractivity contribution in [3.05, 3.63) is 36.4 Å². The van der Waals surface area contributed by atoms with Gasteiger partial charge in [0.1, 0.15) is 12.4 Å². The van der Waals surface area contributed by atoms with E-state index in [1.807, 2.05) is 6.92 Å². The van der Waals surface area contributed by atoms with Gasteiger partial charge in [-0.2, -0.15) is 0 Å². The highest BCUT2D eigenvalue weighted by atomic mass is 16.5. The first-order chi connectivity index (χ1) is 10.1. The molecule has 0 bridgehead atoms. The minimum atomic E-state index is -0.603. The Balaban J connectivity index is 1.95. The van der Waals surface area contributed by atoms with Crippen molar-refractivity contribution >= 4 is 17.5 Å². The molecule has 1 aliphatic rings. The molecule has 0 aromatic heterocycles. The van der Waals surface area contributed by atoms with E-state index in [1.54, 1.807) is 29.2 Å². The number of nitrogens with zero attached hydrogens (tertiary/aromatic N) is 1. The van der Waals surface area contributed by atoms with E-state index in [0.29, 0.717) is 31.1 Å². The van der Waals surface area contributed by atoms with E-state index in [1.165, 1.54) is 0 Å². The van der Waals surface area contributed by atoms with Gasteiger partial charge < -0.3 is 15.0 Å². The van der Waals surface area contributed by atoms with E-state index in [0.717, 1.165) is 18.4 Å². The molecule has 5 heteroatoms. The van der Waals surface area contributed by atoms with Gasteiger partial charge in [0.2, 0.25) is 0 Å². The van der Waals surface area contributed by atoms with Crippen molar-refractivity contribution in [3.63, 3.8) is 0 Å². The maximum absolute atomic E-state index is 11.9. The maximum atomic E-state index is 11.9. The Bertz CT molecular complexity index is 548. The van der Waals surface area contributed by atoms with Gasteiger partial charge in [-0.25, -0.2) is 0 Å². The van der Waals surface area contributed by atoms with Crippen LogP contribution in [0.25, 0.3) is 0 Å². The Morgan fingerprint density at radius 1 is 1.33 bits per heavy atom. The van der Waals surface area contributed by atoms with Gasteiger partial charge in [-0.1, -0.05) is 12.6 Å². The van der Waals surface area contributed by atoms with Crippen molar-refractivity contribution in [2.75, 3.05) is 25.0 Å². The number of nitrogens with one attached hydrogen (secondary N) is 1. The van der Waals surface area contributed by atoms with Crippen LogP contribution in [0.1, 0.15) is 19.8 Å². The summed E-state index contributed by atoms with van der Waals surface area (Å²) in [7, 11) is 0. The number of amides is 2. The zero-order valence-corrected chi connectivity index (χ0v) is 12.2. The highest BCUT2D eigenvalue weighted by Crippen LogP contribution is 2.18. The summed E-state index contributed by atoms with van der Waals surface area (Å²) < 4.78 is 5.50. The van der Waals surface area contributed by atoms with Gasteiger partial charge >= 0.3 is 11.8 Å². The molecule has 1 aromatic carbocycles. The lowest BCUT2D eigenvalue weighted by Crippen LogP contribution is -2.37. The molecule has 112 valence electrons. The van der Waals surface area contributed by atoms with Crippen molar-refractivity contribution in [3.8, 4) is 5.75 Å². The normalized spacial score (nSPS) is 13.9. The topological polar surface area (TPSA) is 58.6 Å². The molecule has 1 aromatic rings. The first-order valence-corrected chi connectivity index (χ1v) is 7.04. The molecule has 5 nitrogen and oxygen atoms in total. The maximum Gasteiger partial charge on any atom is 0.313 e. The number of likely N-dealkylation sites (tertiary alicyclic amines) is 1. The van der Waals surface area contributed by atoms with Gasteiger partial charge in [0.05, 0.1) is 0 Å². The Morgan fingerprint density at radius 2 is 2.05 bits per heavy atom. The zero-order chi connectivity index (χ0) is 15.2. The third-order valence-corrected chi connectivity index (χ3v) is 3.16. The monoisotopic (exact) mass is 288 g/mol. The number of rotatable bonds is 4. The number of carbonyl (C=O) groups excluding carboxylic acids is 2. The smallest absolute Gasteiger partial charge is 0.313 e. The van der Waals surface area contributed by atoms with Crippen molar-refractivity contribution in [1.29, 1.82) is 0 Å². The van der Waals surface area contributed by atoms with Crippen molar-refractivity contribution in [2.45, 2.75) is 19.8 Å². The fourth-order valence-electron chi connectivity index (χ4n) is 2.12. The Hall–Kier alpha value is -2.30. The standard InChI is InChI=1S/C16H20N2O3/c1-12(2)11-21-14-7-5-6-13(10-14)17-15(19)16(20)18-8-3-4-9-18/h5-7,10H,1,3-4,8-9,11H2,2H3,(H,17,19). The quantitative estimate of drug-likeness (QED) is 0.682. The van der Waals surface area contributed by atoms with Crippen molar-refractivity contribution in [1.82, 2.24) is 4.90 Å². The molecule has 0 atom stereocenters. The van der Waals surface area contributed by atoms with E-state index in [2.05, 4.69) is 11.9 Å². The van der Waals surface area contributed by atoms with E-state index in [-0.39, 0.29) is 0 Å². The summed E-state index contributed by atoms with van der Waals surface area (Å²) in [6, 6.07) is 6.98. The molecule has 2 amide bonds. The lowest BCUT2D eigenvalue weighted by molar-refractivity contribution is -0.142. The van der Waals surface area contributed by atoms with Crippen LogP contribution in [0.3, 0.4) is 0 Å². The van der Waals surface area contributed by atoms with Gasteiger partial charge in [-0.3, -0.25) is 9.59 Å². The number of anilines is 1. The average Bonchev–Trinajstić information content (AvgIpc) is 2.98. The van der Waals surface area contributed by atoms with E-state index < -0.39 is 11.8 Å². The van der Waals surface area contributed by atoms with Crippen molar-refractivity contribution in [2.24, 2.45) is 0 Å². The summed E-state index contributed by atoms with van der Waals surface area (Å²) >= 11 is 0. The second-order valence-electron chi connectivity index (χ2n) is 5.23. The molecule has 0 unspecified atom stereocenters. The SMILES string of the molecule is C=C(C)COc1cccc(NC(=O)C(=O)N2CCCC2)c1. The zero-order valence-electron chi connectivity index (χ0n) is 12.2. The Kier molecular flexibility index (Phi) is 4.98. The molecular weight excluding hydrogens is 268 g/mol. The molecule has 1 saturated heterocycles. The molecule has 0 aliphatic carbocycles. The summed E-state index contributed by atoms with van der Waals surface area (Å²) in [6.45, 7) is 7.38. The predicted octanol–water partition coefficient (Wildman–Crippen LogP) is 2.20. The summed E-state index contributed by atoms with van der Waals surface area (Å²) in [6.07, 6.45) is 1.92. The van der Waals surface area contributed by atoms with Crippen LogP contribution in [0, 0.1) is 0 Å². The van der Waals surface area contributed by atoms with Gasteiger partial charge in [-0.05, 0) is 37.5 Å². The highest BCUT2D eigenvalue weighted by Gasteiger charge is 2.24. The van der Waals surface area contributed by atoms with Crippen LogP contribution >= 0.6 is 0 Å². The molecule has 1 aliphatic heterocycles. The van der Waals surface area contributed by atoms with Crippen LogP contribution in [-0.4, -0.2) is 36.4 Å². The lowest BCUT2D eigenvalue weighted by atomic mass is 10.3. The number of ether oxygens (including phenoxy) is 1. The number of carbonyl (C=O) groups is 2. The molecule has 0 spiro atoms. The van der Waals surface area contributed by atoms with Crippen LogP contribution in [-0.2, 0) is 9.59 Å². The number of hydrogen-bond acceptors (Lipinski definition) is 3. The van der Waals surface area contributed by atoms with E-state index in [4.69, 9.17) is 4.74 Å². The van der Waals surface area contributed by atoms with Gasteiger partial charge in [0.25, 0.3) is 0 Å². The molecule has 1 heterocycles. The molecule has 1 N–H and O–H groups in total. The molecule has 2 rings (SSSR count). The van der Waals surface area contributed by atoms with Crippen LogP contribution in [0.5, 0.6) is 5.75 Å². The average molecular weight is 288 g/mol. The predicted molar refractivity (Wildman–Crippen MR) is 81.2 cm³/mol. The Labute approximate surface area is 124 Å². The summed E-state index contributed by atoms with van der Waals surface area (Å²) in [5.41, 5.74) is 1.46. The molecule has 0 saturated carbocycles.